The molecule has 0 saturated heterocycles. The zero-order valence-electron chi connectivity index (χ0n) is 17.1. The van der Waals surface area contributed by atoms with Crippen molar-refractivity contribution < 1.29 is 0 Å². The molecule has 0 aliphatic carbocycles. The summed E-state index contributed by atoms with van der Waals surface area (Å²) >= 11 is 6.27. The maximum atomic E-state index is 6.27. The van der Waals surface area contributed by atoms with Crippen molar-refractivity contribution >= 4 is 17.6 Å². The van der Waals surface area contributed by atoms with E-state index in [0.717, 1.165) is 41.2 Å². The number of rotatable bonds is 7. The van der Waals surface area contributed by atoms with Gasteiger partial charge in [-0.2, -0.15) is 0 Å². The largest absolute Gasteiger partial charge is 0.356 e. The van der Waals surface area contributed by atoms with Crippen molar-refractivity contribution in [3.8, 4) is 0 Å². The second-order valence-electron chi connectivity index (χ2n) is 6.93. The molecule has 1 aromatic heterocycles. The van der Waals surface area contributed by atoms with Crippen LogP contribution in [0.5, 0.6) is 0 Å². The van der Waals surface area contributed by atoms with Gasteiger partial charge in [-0.05, 0) is 37.5 Å². The zero-order valence-corrected chi connectivity index (χ0v) is 17.8. The van der Waals surface area contributed by atoms with Crippen molar-refractivity contribution in [2.75, 3.05) is 6.54 Å². The van der Waals surface area contributed by atoms with Crippen LogP contribution in [0.1, 0.15) is 35.7 Å². The van der Waals surface area contributed by atoms with Gasteiger partial charge in [0.25, 0.3) is 0 Å². The molecule has 6 nitrogen and oxygen atoms in total. The summed E-state index contributed by atoms with van der Waals surface area (Å²) in [6.07, 6.45) is 0.809. The Hall–Kier alpha value is -2.86. The summed E-state index contributed by atoms with van der Waals surface area (Å²) in [6, 6.07) is 18.3. The highest BCUT2D eigenvalue weighted by molar-refractivity contribution is 6.31. The highest BCUT2D eigenvalue weighted by atomic mass is 35.5. The van der Waals surface area contributed by atoms with E-state index in [0.29, 0.717) is 6.54 Å². The molecule has 3 rings (SSSR count). The second-order valence-corrected chi connectivity index (χ2v) is 7.34. The number of hydrogen-bond acceptors (Lipinski definition) is 3. The van der Waals surface area contributed by atoms with E-state index in [-0.39, 0.29) is 6.04 Å². The maximum absolute atomic E-state index is 6.27. The fourth-order valence-corrected chi connectivity index (χ4v) is 3.17. The molecule has 7 heteroatoms. The van der Waals surface area contributed by atoms with Crippen LogP contribution in [-0.2, 0) is 20.0 Å². The monoisotopic (exact) mass is 410 g/mol. The highest BCUT2D eigenvalue weighted by Gasteiger charge is 2.10. The van der Waals surface area contributed by atoms with Crippen LogP contribution in [0.4, 0.5) is 0 Å². The number of aryl methyl sites for hydroxylation is 1. The second kappa shape index (κ2) is 10.1. The third-order valence-corrected chi connectivity index (χ3v) is 5.23. The van der Waals surface area contributed by atoms with Crippen LogP contribution in [0, 0.1) is 6.92 Å². The summed E-state index contributed by atoms with van der Waals surface area (Å²) in [6.45, 7) is 5.21. The number of hydrogen-bond donors (Lipinski definition) is 2. The minimum atomic E-state index is 0.115. The van der Waals surface area contributed by atoms with Crippen LogP contribution >= 0.6 is 11.6 Å². The van der Waals surface area contributed by atoms with E-state index in [1.165, 1.54) is 5.56 Å². The SMILES string of the molecule is Cc1nnc(CN=C(NCCc2ccccc2Cl)NC(C)c2ccccc2)n1C. The molecule has 0 radical (unpaired) electrons. The van der Waals surface area contributed by atoms with Crippen molar-refractivity contribution in [2.24, 2.45) is 12.0 Å². The number of aliphatic imine (C=N–C) groups is 1. The molecule has 0 saturated carbocycles. The topological polar surface area (TPSA) is 67.1 Å². The van der Waals surface area contributed by atoms with Gasteiger partial charge >= 0.3 is 0 Å². The lowest BCUT2D eigenvalue weighted by atomic mass is 10.1. The molecule has 1 unspecified atom stereocenters. The molecule has 152 valence electrons. The van der Waals surface area contributed by atoms with Crippen LogP contribution in [0.15, 0.2) is 59.6 Å². The van der Waals surface area contributed by atoms with Crippen molar-refractivity contribution in [3.05, 3.63) is 82.4 Å². The number of nitrogens with one attached hydrogen (secondary N) is 2. The molecule has 0 spiro atoms. The Bertz CT molecular complexity index is 951. The predicted molar refractivity (Wildman–Crippen MR) is 118 cm³/mol. The molecule has 1 heterocycles. The predicted octanol–water partition coefficient (Wildman–Crippen LogP) is 3.82. The first-order chi connectivity index (χ1) is 14.0. The third kappa shape index (κ3) is 5.81. The molecule has 0 fully saturated rings. The molecule has 1 atom stereocenters. The standard InChI is InChI=1S/C22H27ClN6/c1-16(18-9-5-4-6-10-18)26-22(25-15-21-28-27-17(2)29(21)3)24-14-13-19-11-7-8-12-20(19)23/h4-12,16H,13-15H2,1-3H3,(H2,24,25,26). The van der Waals surface area contributed by atoms with Gasteiger partial charge in [0.2, 0.25) is 0 Å². The first-order valence-corrected chi connectivity index (χ1v) is 10.1. The van der Waals surface area contributed by atoms with Crippen LogP contribution < -0.4 is 10.6 Å². The quantitative estimate of drug-likeness (QED) is 0.459. The van der Waals surface area contributed by atoms with Crippen LogP contribution in [-0.4, -0.2) is 27.3 Å². The summed E-state index contributed by atoms with van der Waals surface area (Å²) in [5, 5.41) is 16.0. The molecular formula is C22H27ClN6. The molecule has 0 aliphatic rings. The van der Waals surface area contributed by atoms with E-state index in [4.69, 9.17) is 16.6 Å². The summed E-state index contributed by atoms with van der Waals surface area (Å²) < 4.78 is 1.95. The molecule has 2 aromatic carbocycles. The smallest absolute Gasteiger partial charge is 0.192 e. The van der Waals surface area contributed by atoms with E-state index in [1.54, 1.807) is 0 Å². The zero-order chi connectivity index (χ0) is 20.6. The van der Waals surface area contributed by atoms with E-state index in [1.807, 2.05) is 61.0 Å². The minimum absolute atomic E-state index is 0.115. The van der Waals surface area contributed by atoms with Crippen LogP contribution in [0.2, 0.25) is 5.02 Å². The van der Waals surface area contributed by atoms with Gasteiger partial charge < -0.3 is 15.2 Å². The van der Waals surface area contributed by atoms with Gasteiger partial charge in [0.1, 0.15) is 12.4 Å². The minimum Gasteiger partial charge on any atom is -0.356 e. The van der Waals surface area contributed by atoms with Gasteiger partial charge in [0, 0.05) is 18.6 Å². The Labute approximate surface area is 177 Å². The number of nitrogens with zero attached hydrogens (tertiary/aromatic N) is 4. The molecule has 0 amide bonds. The fraction of sp³-hybridized carbons (Fsp3) is 0.318. The Morgan fingerprint density at radius 3 is 2.52 bits per heavy atom. The maximum Gasteiger partial charge on any atom is 0.192 e. The first-order valence-electron chi connectivity index (χ1n) is 9.72. The Morgan fingerprint density at radius 1 is 1.10 bits per heavy atom. The molecular weight excluding hydrogens is 384 g/mol. The Morgan fingerprint density at radius 2 is 1.83 bits per heavy atom. The van der Waals surface area contributed by atoms with Gasteiger partial charge in [-0.3, -0.25) is 0 Å². The van der Waals surface area contributed by atoms with Gasteiger partial charge in [-0.1, -0.05) is 60.1 Å². The molecule has 29 heavy (non-hydrogen) atoms. The van der Waals surface area contributed by atoms with Gasteiger partial charge in [0.05, 0.1) is 6.04 Å². The summed E-state index contributed by atoms with van der Waals surface area (Å²) in [7, 11) is 1.95. The lowest BCUT2D eigenvalue weighted by Gasteiger charge is -2.19. The van der Waals surface area contributed by atoms with Crippen LogP contribution in [0.3, 0.4) is 0 Å². The summed E-state index contributed by atoms with van der Waals surface area (Å²) in [5.41, 5.74) is 2.31. The molecule has 2 N–H and O–H groups in total. The van der Waals surface area contributed by atoms with Crippen molar-refractivity contribution in [3.63, 3.8) is 0 Å². The van der Waals surface area contributed by atoms with E-state index in [2.05, 4.69) is 39.9 Å². The van der Waals surface area contributed by atoms with Gasteiger partial charge in [-0.25, -0.2) is 4.99 Å². The number of guanidine groups is 1. The van der Waals surface area contributed by atoms with Crippen molar-refractivity contribution in [2.45, 2.75) is 32.9 Å². The van der Waals surface area contributed by atoms with Gasteiger partial charge in [0.15, 0.2) is 11.8 Å². The molecule has 3 aromatic rings. The third-order valence-electron chi connectivity index (χ3n) is 4.86. The van der Waals surface area contributed by atoms with E-state index >= 15 is 0 Å². The molecule has 0 aliphatic heterocycles. The van der Waals surface area contributed by atoms with Crippen molar-refractivity contribution in [1.82, 2.24) is 25.4 Å². The Balaban J connectivity index is 1.69. The average Bonchev–Trinajstić information content (AvgIpc) is 3.06. The van der Waals surface area contributed by atoms with Crippen molar-refractivity contribution in [1.29, 1.82) is 0 Å². The lowest BCUT2D eigenvalue weighted by Crippen LogP contribution is -2.39. The lowest BCUT2D eigenvalue weighted by molar-refractivity contribution is 0.675. The molecule has 0 bridgehead atoms. The number of benzene rings is 2. The van der Waals surface area contributed by atoms with Crippen LogP contribution in [0.25, 0.3) is 0 Å². The average molecular weight is 411 g/mol. The number of halogens is 1. The number of aromatic nitrogens is 3. The van der Waals surface area contributed by atoms with E-state index < -0.39 is 0 Å². The fourth-order valence-electron chi connectivity index (χ4n) is 2.94. The highest BCUT2D eigenvalue weighted by Crippen LogP contribution is 2.15. The van der Waals surface area contributed by atoms with E-state index in [9.17, 15) is 0 Å². The summed E-state index contributed by atoms with van der Waals surface area (Å²) in [4.78, 5) is 4.73. The normalized spacial score (nSPS) is 12.6. The first kappa shape index (κ1) is 20.9. The van der Waals surface area contributed by atoms with Gasteiger partial charge in [-0.15, -0.1) is 10.2 Å². The Kier molecular flexibility index (Phi) is 7.25. The summed E-state index contributed by atoms with van der Waals surface area (Å²) in [5.74, 6) is 2.42.